The molecule has 1 saturated heterocycles. The van der Waals surface area contributed by atoms with Crippen molar-refractivity contribution in [2.24, 2.45) is 7.05 Å². The van der Waals surface area contributed by atoms with Crippen molar-refractivity contribution in [3.8, 4) is 0 Å². The first kappa shape index (κ1) is 21.3. The third-order valence-corrected chi connectivity index (χ3v) is 7.64. The number of carboxylic acids is 1. The predicted octanol–water partition coefficient (Wildman–Crippen LogP) is -0.701. The molecule has 1 aromatic heterocycles. The summed E-state index contributed by atoms with van der Waals surface area (Å²) in [5, 5.41) is 22.9. The van der Waals surface area contributed by atoms with Crippen molar-refractivity contribution >= 4 is 40.7 Å². The van der Waals surface area contributed by atoms with Gasteiger partial charge < -0.3 is 15.0 Å². The summed E-state index contributed by atoms with van der Waals surface area (Å²) in [4.78, 5) is 38.0. The molecule has 2 amide bonds. The van der Waals surface area contributed by atoms with Crippen LogP contribution in [0.3, 0.4) is 0 Å². The summed E-state index contributed by atoms with van der Waals surface area (Å²) >= 11 is -0.377. The van der Waals surface area contributed by atoms with E-state index in [4.69, 9.17) is 0 Å². The maximum Gasteiger partial charge on any atom is 0.352 e. The number of carbonyl (C=O) groups excluding carboxylic acids is 2. The monoisotopic (exact) mass is 462 g/mol. The quantitative estimate of drug-likeness (QED) is 0.309. The molecule has 4 rings (SSSR count). The second-order valence-corrected chi connectivity index (χ2v) is 9.44. The fourth-order valence-corrected chi connectivity index (χ4v) is 6.14. The Bertz CT molecular complexity index is 1060. The summed E-state index contributed by atoms with van der Waals surface area (Å²) in [6, 6.07) is 8.00. The molecule has 0 aliphatic carbocycles. The van der Waals surface area contributed by atoms with Gasteiger partial charge in [-0.1, -0.05) is 42.1 Å². The van der Waals surface area contributed by atoms with E-state index in [0.29, 0.717) is 10.7 Å². The highest BCUT2D eigenvalue weighted by atomic mass is 32.2. The van der Waals surface area contributed by atoms with Crippen molar-refractivity contribution in [2.45, 2.75) is 23.0 Å². The van der Waals surface area contributed by atoms with E-state index in [1.807, 2.05) is 6.07 Å². The van der Waals surface area contributed by atoms with Gasteiger partial charge in [-0.15, -0.1) is 5.10 Å². The maximum atomic E-state index is 12.8. The van der Waals surface area contributed by atoms with E-state index in [9.17, 15) is 24.0 Å². The van der Waals surface area contributed by atoms with E-state index in [1.54, 1.807) is 31.3 Å². The number of aromatic nitrogens is 4. The minimum Gasteiger partial charge on any atom is -0.614 e. The molecule has 3 atom stereocenters. The van der Waals surface area contributed by atoms with Crippen LogP contribution in [0.25, 0.3) is 0 Å². The Morgan fingerprint density at radius 1 is 1.35 bits per heavy atom. The summed E-state index contributed by atoms with van der Waals surface area (Å²) in [5.74, 6) is -2.10. The van der Waals surface area contributed by atoms with E-state index < -0.39 is 40.4 Å². The number of hydrogen-bond donors (Lipinski definition) is 2. The number of thioether (sulfide) groups is 1. The number of nitrogens with one attached hydrogen (secondary N) is 1. The van der Waals surface area contributed by atoms with Crippen LogP contribution in [0.4, 0.5) is 0 Å². The minimum atomic E-state index is -1.57. The Morgan fingerprint density at radius 2 is 2.10 bits per heavy atom. The Labute approximate surface area is 184 Å². The van der Waals surface area contributed by atoms with Crippen molar-refractivity contribution in [3.05, 3.63) is 47.2 Å². The van der Waals surface area contributed by atoms with Gasteiger partial charge in [-0.05, 0) is 27.2 Å². The highest BCUT2D eigenvalue weighted by Gasteiger charge is 2.60. The van der Waals surface area contributed by atoms with Gasteiger partial charge in [0, 0.05) is 18.4 Å². The first-order valence-electron chi connectivity index (χ1n) is 9.21. The molecule has 2 aliphatic rings. The largest absolute Gasteiger partial charge is 0.614 e. The summed E-state index contributed by atoms with van der Waals surface area (Å²) in [6.07, 6.45) is 0.0687. The van der Waals surface area contributed by atoms with Crippen molar-refractivity contribution in [1.82, 2.24) is 30.4 Å². The molecule has 3 heterocycles. The van der Waals surface area contributed by atoms with Crippen LogP contribution in [0.1, 0.15) is 5.56 Å². The molecule has 1 aromatic carbocycles. The Hall–Kier alpha value is -2.90. The number of nitrogens with zero attached hydrogens (tertiary/aromatic N) is 5. The second kappa shape index (κ2) is 8.69. The van der Waals surface area contributed by atoms with Crippen LogP contribution in [-0.2, 0) is 39.0 Å². The van der Waals surface area contributed by atoms with Crippen LogP contribution in [-0.4, -0.2) is 75.5 Å². The summed E-state index contributed by atoms with van der Waals surface area (Å²) in [5.41, 5.74) is 0.945. The lowest BCUT2D eigenvalue weighted by atomic mass is 10.0. The van der Waals surface area contributed by atoms with Crippen LogP contribution >= 0.6 is 11.8 Å². The number of hydrogen-bond acceptors (Lipinski definition) is 8. The average molecular weight is 463 g/mol. The van der Waals surface area contributed by atoms with E-state index in [0.717, 1.165) is 10.5 Å². The molecule has 2 N–H and O–H groups in total. The van der Waals surface area contributed by atoms with E-state index in [2.05, 4.69) is 20.8 Å². The fraction of sp³-hybridized carbons (Fsp3) is 0.333. The molecular formula is C18H18N6O5S2. The summed E-state index contributed by atoms with van der Waals surface area (Å²) in [7, 11) is 1.64. The SMILES string of the molecule is Cn1nnnc1SCC1=C(C(=O)O)N2C(=O)C(NC(=O)Cc3ccccc3)[C@@H]2[S+]([O-])C1. The number of rotatable bonds is 7. The lowest BCUT2D eigenvalue weighted by Gasteiger charge is -2.49. The normalized spacial score (nSPS) is 22.7. The lowest BCUT2D eigenvalue weighted by molar-refractivity contribution is -0.151. The highest BCUT2D eigenvalue weighted by molar-refractivity contribution is 7.99. The molecule has 2 aliphatic heterocycles. The number of benzene rings is 1. The number of β-lactam (4-membered cyclic amide) rings is 1. The van der Waals surface area contributed by atoms with Crippen LogP contribution in [0.5, 0.6) is 0 Å². The molecule has 0 saturated carbocycles. The topological polar surface area (TPSA) is 153 Å². The predicted molar refractivity (Wildman–Crippen MR) is 110 cm³/mol. The highest BCUT2D eigenvalue weighted by Crippen LogP contribution is 2.38. The average Bonchev–Trinajstić information content (AvgIpc) is 3.15. The molecule has 0 radical (unpaired) electrons. The van der Waals surface area contributed by atoms with Crippen LogP contribution in [0.15, 0.2) is 46.8 Å². The second-order valence-electron chi connectivity index (χ2n) is 6.96. The first-order valence-corrected chi connectivity index (χ1v) is 11.6. The molecule has 1 fully saturated rings. The molecule has 0 spiro atoms. The maximum absolute atomic E-state index is 12.8. The van der Waals surface area contributed by atoms with Gasteiger partial charge in [-0.3, -0.25) is 14.5 Å². The van der Waals surface area contributed by atoms with Crippen LogP contribution in [0, 0.1) is 0 Å². The zero-order valence-corrected chi connectivity index (χ0v) is 17.9. The number of aliphatic carboxylic acids is 1. The minimum absolute atomic E-state index is 0.0145. The lowest BCUT2D eigenvalue weighted by Crippen LogP contribution is -2.75. The Kier molecular flexibility index (Phi) is 5.98. The molecule has 2 aromatic rings. The van der Waals surface area contributed by atoms with Gasteiger partial charge in [0.1, 0.15) is 11.4 Å². The van der Waals surface area contributed by atoms with E-state index >= 15 is 0 Å². The number of aryl methyl sites for hydroxylation is 1. The smallest absolute Gasteiger partial charge is 0.352 e. The molecule has 2 unspecified atom stereocenters. The van der Waals surface area contributed by atoms with Gasteiger partial charge in [0.2, 0.25) is 16.4 Å². The number of tetrazole rings is 1. The molecule has 0 bridgehead atoms. The van der Waals surface area contributed by atoms with Gasteiger partial charge in [-0.25, -0.2) is 9.48 Å². The number of fused-ring (bicyclic) bond motifs is 1. The van der Waals surface area contributed by atoms with Crippen molar-refractivity contribution in [2.75, 3.05) is 11.5 Å². The van der Waals surface area contributed by atoms with E-state index in [1.165, 1.54) is 16.4 Å². The van der Waals surface area contributed by atoms with Crippen LogP contribution < -0.4 is 5.32 Å². The van der Waals surface area contributed by atoms with Gasteiger partial charge in [0.05, 0.1) is 6.42 Å². The third kappa shape index (κ3) is 4.16. The summed E-state index contributed by atoms with van der Waals surface area (Å²) in [6.45, 7) is 0. The van der Waals surface area contributed by atoms with Crippen molar-refractivity contribution in [3.63, 3.8) is 0 Å². The zero-order chi connectivity index (χ0) is 22.1. The zero-order valence-electron chi connectivity index (χ0n) is 16.3. The van der Waals surface area contributed by atoms with Gasteiger partial charge in [-0.2, -0.15) is 0 Å². The molecular weight excluding hydrogens is 444 g/mol. The van der Waals surface area contributed by atoms with Gasteiger partial charge in [0.25, 0.3) is 5.91 Å². The van der Waals surface area contributed by atoms with Crippen molar-refractivity contribution < 1.29 is 24.0 Å². The molecule has 31 heavy (non-hydrogen) atoms. The number of carbonyl (C=O) groups is 3. The third-order valence-electron chi connectivity index (χ3n) is 4.89. The standard InChI is InChI=1S/C18H18N6O5S2/c1-23-18(20-21-22-23)30-8-11-9-31(29)16-13(15(26)24(16)14(11)17(27)28)19-12(25)7-10-5-3-2-4-6-10/h2-6,13,16H,7-9H2,1H3,(H,19,25)(H,27,28)/t13?,16-,31?/m0/s1. The number of carboxylic acid groups (broad SMARTS) is 1. The Morgan fingerprint density at radius 3 is 2.74 bits per heavy atom. The summed E-state index contributed by atoms with van der Waals surface area (Å²) < 4.78 is 14.3. The van der Waals surface area contributed by atoms with Gasteiger partial charge in [0.15, 0.2) is 6.04 Å². The van der Waals surface area contributed by atoms with Crippen LogP contribution in [0.2, 0.25) is 0 Å². The van der Waals surface area contributed by atoms with E-state index in [-0.39, 0.29) is 23.6 Å². The molecule has 11 nitrogen and oxygen atoms in total. The Balaban J connectivity index is 1.49. The van der Waals surface area contributed by atoms with Gasteiger partial charge >= 0.3 is 5.97 Å². The fourth-order valence-electron chi connectivity index (χ4n) is 3.46. The van der Waals surface area contributed by atoms with Crippen molar-refractivity contribution in [1.29, 1.82) is 0 Å². The molecule has 13 heteroatoms. The molecule has 162 valence electrons. The first-order chi connectivity index (χ1) is 14.9. The number of amides is 2.